The number of rotatable bonds is 1. The van der Waals surface area contributed by atoms with Crippen LogP contribution in [0, 0.1) is 0 Å². The summed E-state index contributed by atoms with van der Waals surface area (Å²) in [6.07, 6.45) is 3.81. The van der Waals surface area contributed by atoms with Crippen LogP contribution in [0.3, 0.4) is 0 Å². The Hall–Kier alpha value is -0.410. The Morgan fingerprint density at radius 1 is 1.46 bits per heavy atom. The van der Waals surface area contributed by atoms with Crippen LogP contribution in [0.5, 0.6) is 0 Å². The van der Waals surface area contributed by atoms with Gasteiger partial charge in [0.05, 0.1) is 10.7 Å². The first-order chi connectivity index (χ1) is 6.28. The summed E-state index contributed by atoms with van der Waals surface area (Å²) in [5, 5.41) is 4.79. The van der Waals surface area contributed by atoms with Crippen LogP contribution in [-0.2, 0) is 18.4 Å². The van der Waals surface area contributed by atoms with Gasteiger partial charge in [0.1, 0.15) is 0 Å². The van der Waals surface area contributed by atoms with Gasteiger partial charge in [0.2, 0.25) is 0 Å². The third-order valence-corrected chi connectivity index (χ3v) is 4.52. The van der Waals surface area contributed by atoms with Gasteiger partial charge in [-0.05, 0) is 12.8 Å². The van der Waals surface area contributed by atoms with Crippen LogP contribution in [0.2, 0.25) is 0 Å². The van der Waals surface area contributed by atoms with E-state index in [1.54, 1.807) is 0 Å². The number of nitrogens with zero attached hydrogens (tertiary/aromatic N) is 1. The minimum Gasteiger partial charge on any atom is -0.311 e. The van der Waals surface area contributed by atoms with Gasteiger partial charge >= 0.3 is 0 Å². The summed E-state index contributed by atoms with van der Waals surface area (Å²) in [6.45, 7) is 4.49. The summed E-state index contributed by atoms with van der Waals surface area (Å²) in [7, 11) is 0. The molecule has 0 aromatic carbocycles. The lowest BCUT2D eigenvalue weighted by Crippen LogP contribution is -2.22. The second-order valence-corrected chi connectivity index (χ2v) is 5.46. The van der Waals surface area contributed by atoms with Crippen molar-refractivity contribution in [1.82, 2.24) is 10.3 Å². The number of hydrogen-bond acceptors (Lipinski definition) is 3. The van der Waals surface area contributed by atoms with Gasteiger partial charge in [-0.1, -0.05) is 6.92 Å². The Morgan fingerprint density at radius 2 is 2.31 bits per heavy atom. The maximum absolute atomic E-state index is 4.76. The van der Waals surface area contributed by atoms with Crippen molar-refractivity contribution in [2.45, 2.75) is 38.1 Å². The Balaban J connectivity index is 2.00. The van der Waals surface area contributed by atoms with E-state index in [0.29, 0.717) is 5.41 Å². The highest BCUT2D eigenvalue weighted by atomic mass is 32.1. The molecule has 2 aliphatic rings. The van der Waals surface area contributed by atoms with Crippen LogP contribution in [0.25, 0.3) is 0 Å². The van der Waals surface area contributed by atoms with Crippen LogP contribution < -0.4 is 5.32 Å². The second-order valence-electron chi connectivity index (χ2n) is 4.38. The Morgan fingerprint density at radius 3 is 3.00 bits per heavy atom. The van der Waals surface area contributed by atoms with Crippen molar-refractivity contribution in [2.75, 3.05) is 6.54 Å². The average Bonchev–Trinajstić information content (AvgIpc) is 2.76. The first kappa shape index (κ1) is 7.94. The SMILES string of the molecule is CC1(c2nc3c(s2)CNCC3)CC1. The van der Waals surface area contributed by atoms with E-state index in [4.69, 9.17) is 4.98 Å². The normalized spacial score (nSPS) is 24.1. The number of thiazole rings is 1. The van der Waals surface area contributed by atoms with Crippen molar-refractivity contribution < 1.29 is 0 Å². The number of fused-ring (bicyclic) bond motifs is 1. The largest absolute Gasteiger partial charge is 0.311 e. The predicted molar refractivity (Wildman–Crippen MR) is 54.1 cm³/mol. The lowest BCUT2D eigenvalue weighted by Gasteiger charge is -2.09. The van der Waals surface area contributed by atoms with E-state index >= 15 is 0 Å². The van der Waals surface area contributed by atoms with Crippen molar-refractivity contribution in [3.63, 3.8) is 0 Å². The zero-order chi connectivity index (χ0) is 8.89. The van der Waals surface area contributed by atoms with E-state index in [1.807, 2.05) is 11.3 Å². The van der Waals surface area contributed by atoms with Gasteiger partial charge in [-0.25, -0.2) is 4.98 Å². The maximum Gasteiger partial charge on any atom is 0.0990 e. The summed E-state index contributed by atoms with van der Waals surface area (Å²) in [4.78, 5) is 6.24. The topological polar surface area (TPSA) is 24.9 Å². The highest BCUT2D eigenvalue weighted by molar-refractivity contribution is 7.12. The molecule has 3 rings (SSSR count). The van der Waals surface area contributed by atoms with Crippen LogP contribution >= 0.6 is 11.3 Å². The summed E-state index contributed by atoms with van der Waals surface area (Å²) in [6, 6.07) is 0. The molecule has 2 heterocycles. The molecule has 0 bridgehead atoms. The molecule has 0 unspecified atom stereocenters. The van der Waals surface area contributed by atoms with E-state index in [0.717, 1.165) is 19.5 Å². The Labute approximate surface area is 82.4 Å². The predicted octanol–water partition coefficient (Wildman–Crippen LogP) is 1.84. The van der Waals surface area contributed by atoms with E-state index in [-0.39, 0.29) is 0 Å². The fourth-order valence-electron chi connectivity index (χ4n) is 1.79. The van der Waals surface area contributed by atoms with Crippen LogP contribution in [0.15, 0.2) is 0 Å². The second kappa shape index (κ2) is 2.55. The fourth-order valence-corrected chi connectivity index (χ4v) is 3.06. The molecule has 70 valence electrons. The van der Waals surface area contributed by atoms with Crippen LogP contribution in [0.4, 0.5) is 0 Å². The lowest BCUT2D eigenvalue weighted by molar-refractivity contribution is 0.640. The molecule has 3 heteroatoms. The Bertz CT molecular complexity index is 315. The van der Waals surface area contributed by atoms with E-state index < -0.39 is 0 Å². The number of nitrogens with one attached hydrogen (secondary N) is 1. The molecule has 1 aromatic heterocycles. The van der Waals surface area contributed by atoms with Gasteiger partial charge in [-0.2, -0.15) is 0 Å². The molecule has 1 aliphatic heterocycles. The van der Waals surface area contributed by atoms with Gasteiger partial charge in [0.15, 0.2) is 0 Å². The molecule has 0 saturated heterocycles. The molecule has 13 heavy (non-hydrogen) atoms. The lowest BCUT2D eigenvalue weighted by atomic mass is 10.1. The van der Waals surface area contributed by atoms with Crippen LogP contribution in [-0.4, -0.2) is 11.5 Å². The molecule has 0 atom stereocenters. The van der Waals surface area contributed by atoms with Gasteiger partial charge in [-0.15, -0.1) is 11.3 Å². The van der Waals surface area contributed by atoms with Crippen LogP contribution in [0.1, 0.15) is 35.3 Å². The third-order valence-electron chi connectivity index (χ3n) is 3.12. The van der Waals surface area contributed by atoms with E-state index in [1.165, 1.54) is 28.4 Å². The van der Waals surface area contributed by atoms with Gasteiger partial charge < -0.3 is 5.32 Å². The van der Waals surface area contributed by atoms with Crippen molar-refractivity contribution in [3.8, 4) is 0 Å². The highest BCUT2D eigenvalue weighted by Crippen LogP contribution is 2.49. The molecule has 1 saturated carbocycles. The molecular formula is C10H14N2S. The molecule has 1 fully saturated rings. The average molecular weight is 194 g/mol. The molecule has 2 nitrogen and oxygen atoms in total. The summed E-state index contributed by atoms with van der Waals surface area (Å²) in [5.41, 5.74) is 1.83. The quantitative estimate of drug-likeness (QED) is 0.738. The number of hydrogen-bond donors (Lipinski definition) is 1. The Kier molecular flexibility index (Phi) is 1.56. The molecule has 1 aliphatic carbocycles. The summed E-state index contributed by atoms with van der Waals surface area (Å²) < 4.78 is 0. The third kappa shape index (κ3) is 1.22. The first-order valence-electron chi connectivity index (χ1n) is 4.98. The number of aromatic nitrogens is 1. The van der Waals surface area contributed by atoms with E-state index in [2.05, 4.69) is 12.2 Å². The summed E-state index contributed by atoms with van der Waals surface area (Å²) >= 11 is 1.93. The first-order valence-corrected chi connectivity index (χ1v) is 5.79. The fraction of sp³-hybridized carbons (Fsp3) is 0.700. The van der Waals surface area contributed by atoms with Gasteiger partial charge in [0.25, 0.3) is 0 Å². The van der Waals surface area contributed by atoms with Gasteiger partial charge in [0, 0.05) is 29.8 Å². The standard InChI is InChI=1S/C10H14N2S/c1-10(3-4-10)9-12-7-2-5-11-6-8(7)13-9/h11H,2-6H2,1H3. The van der Waals surface area contributed by atoms with Crippen molar-refractivity contribution in [1.29, 1.82) is 0 Å². The van der Waals surface area contributed by atoms with Crippen molar-refractivity contribution in [2.24, 2.45) is 0 Å². The molecule has 1 N–H and O–H groups in total. The minimum absolute atomic E-state index is 0.460. The molecule has 1 aromatic rings. The highest BCUT2D eigenvalue weighted by Gasteiger charge is 2.42. The molecule has 0 amide bonds. The summed E-state index contributed by atoms with van der Waals surface area (Å²) in [5.74, 6) is 0. The zero-order valence-electron chi connectivity index (χ0n) is 7.89. The monoisotopic (exact) mass is 194 g/mol. The molecular weight excluding hydrogens is 180 g/mol. The molecule has 0 radical (unpaired) electrons. The smallest absolute Gasteiger partial charge is 0.0990 e. The van der Waals surface area contributed by atoms with Crippen molar-refractivity contribution in [3.05, 3.63) is 15.6 Å². The van der Waals surface area contributed by atoms with Gasteiger partial charge in [-0.3, -0.25) is 0 Å². The minimum atomic E-state index is 0.460. The van der Waals surface area contributed by atoms with E-state index in [9.17, 15) is 0 Å². The molecule has 0 spiro atoms. The maximum atomic E-state index is 4.76. The zero-order valence-corrected chi connectivity index (χ0v) is 8.71. The van der Waals surface area contributed by atoms with Crippen molar-refractivity contribution >= 4 is 11.3 Å².